The molecular formula is C19H22N2O4. The molecule has 1 unspecified atom stereocenters. The summed E-state index contributed by atoms with van der Waals surface area (Å²) in [7, 11) is 0. The Morgan fingerprint density at radius 2 is 1.60 bits per heavy atom. The number of rotatable bonds is 8. The van der Waals surface area contributed by atoms with E-state index in [0.717, 1.165) is 5.75 Å². The summed E-state index contributed by atoms with van der Waals surface area (Å²) in [4.78, 5) is 24.0. The predicted octanol–water partition coefficient (Wildman–Crippen LogP) is 2.61. The molecule has 2 rings (SSSR count). The Kier molecular flexibility index (Phi) is 6.83. The van der Waals surface area contributed by atoms with Crippen molar-refractivity contribution in [3.63, 3.8) is 0 Å². The van der Waals surface area contributed by atoms with Crippen LogP contribution in [0.2, 0.25) is 0 Å². The fourth-order valence-electron chi connectivity index (χ4n) is 2.07. The minimum Gasteiger partial charge on any atom is -0.494 e. The zero-order valence-corrected chi connectivity index (χ0v) is 14.3. The summed E-state index contributed by atoms with van der Waals surface area (Å²) in [5.41, 5.74) is 0.634. The second-order valence-electron chi connectivity index (χ2n) is 5.34. The van der Waals surface area contributed by atoms with Crippen LogP contribution in [-0.2, 0) is 9.59 Å². The van der Waals surface area contributed by atoms with Crippen molar-refractivity contribution in [2.75, 3.05) is 18.5 Å². The Morgan fingerprint density at radius 1 is 0.960 bits per heavy atom. The first-order valence-electron chi connectivity index (χ1n) is 8.09. The van der Waals surface area contributed by atoms with Gasteiger partial charge < -0.3 is 20.1 Å². The van der Waals surface area contributed by atoms with Gasteiger partial charge in [-0.15, -0.1) is 0 Å². The van der Waals surface area contributed by atoms with Gasteiger partial charge in [-0.3, -0.25) is 9.59 Å². The smallest absolute Gasteiger partial charge is 0.258 e. The van der Waals surface area contributed by atoms with Gasteiger partial charge in [0.15, 0.2) is 6.61 Å². The molecular weight excluding hydrogens is 320 g/mol. The van der Waals surface area contributed by atoms with Crippen molar-refractivity contribution in [3.8, 4) is 11.5 Å². The molecule has 0 fully saturated rings. The molecule has 0 saturated carbocycles. The van der Waals surface area contributed by atoms with Crippen LogP contribution in [0, 0.1) is 0 Å². The minimum absolute atomic E-state index is 0.148. The molecule has 25 heavy (non-hydrogen) atoms. The van der Waals surface area contributed by atoms with Crippen molar-refractivity contribution >= 4 is 17.5 Å². The quantitative estimate of drug-likeness (QED) is 0.773. The van der Waals surface area contributed by atoms with E-state index in [9.17, 15) is 9.59 Å². The third-order valence-electron chi connectivity index (χ3n) is 3.32. The maximum atomic E-state index is 12.1. The average Bonchev–Trinajstić information content (AvgIpc) is 2.62. The molecule has 2 N–H and O–H groups in total. The van der Waals surface area contributed by atoms with Gasteiger partial charge in [-0.1, -0.05) is 18.2 Å². The first-order chi connectivity index (χ1) is 12.1. The van der Waals surface area contributed by atoms with Gasteiger partial charge in [0, 0.05) is 5.69 Å². The molecule has 0 radical (unpaired) electrons. The molecule has 2 aromatic carbocycles. The van der Waals surface area contributed by atoms with Crippen LogP contribution in [0.3, 0.4) is 0 Å². The highest BCUT2D eigenvalue weighted by Crippen LogP contribution is 2.15. The predicted molar refractivity (Wildman–Crippen MR) is 95.8 cm³/mol. The maximum Gasteiger partial charge on any atom is 0.258 e. The van der Waals surface area contributed by atoms with E-state index >= 15 is 0 Å². The molecule has 1 atom stereocenters. The number of hydrogen-bond acceptors (Lipinski definition) is 4. The molecule has 2 aromatic rings. The Labute approximate surface area is 147 Å². The lowest BCUT2D eigenvalue weighted by Gasteiger charge is -2.15. The second-order valence-corrected chi connectivity index (χ2v) is 5.34. The van der Waals surface area contributed by atoms with Crippen molar-refractivity contribution in [1.29, 1.82) is 0 Å². The van der Waals surface area contributed by atoms with E-state index in [0.29, 0.717) is 18.0 Å². The Hall–Kier alpha value is -3.02. The monoisotopic (exact) mass is 342 g/mol. The first-order valence-corrected chi connectivity index (χ1v) is 8.09. The van der Waals surface area contributed by atoms with E-state index in [1.165, 1.54) is 0 Å². The molecule has 0 aromatic heterocycles. The third-order valence-corrected chi connectivity index (χ3v) is 3.32. The van der Waals surface area contributed by atoms with E-state index in [4.69, 9.17) is 9.47 Å². The van der Waals surface area contributed by atoms with Crippen molar-refractivity contribution in [3.05, 3.63) is 54.6 Å². The van der Waals surface area contributed by atoms with Crippen LogP contribution in [0.25, 0.3) is 0 Å². The number of nitrogens with one attached hydrogen (secondary N) is 2. The number of carbonyl (C=O) groups is 2. The highest BCUT2D eigenvalue weighted by atomic mass is 16.5. The molecule has 0 saturated heterocycles. The lowest BCUT2D eigenvalue weighted by molar-refractivity contribution is -0.127. The molecule has 0 spiro atoms. The van der Waals surface area contributed by atoms with Crippen LogP contribution in [0.5, 0.6) is 11.5 Å². The number of para-hydroxylation sites is 1. The number of hydrogen-bond donors (Lipinski definition) is 2. The number of amides is 2. The summed E-state index contributed by atoms with van der Waals surface area (Å²) in [6, 6.07) is 15.4. The van der Waals surface area contributed by atoms with Crippen LogP contribution in [0.1, 0.15) is 13.8 Å². The van der Waals surface area contributed by atoms with Gasteiger partial charge in [-0.05, 0) is 50.2 Å². The van der Waals surface area contributed by atoms with Crippen LogP contribution in [0.15, 0.2) is 54.6 Å². The lowest BCUT2D eigenvalue weighted by Crippen LogP contribution is -2.43. The molecule has 0 aliphatic rings. The maximum absolute atomic E-state index is 12.1. The van der Waals surface area contributed by atoms with E-state index in [2.05, 4.69) is 10.6 Å². The summed E-state index contributed by atoms with van der Waals surface area (Å²) in [6.45, 7) is 3.95. The van der Waals surface area contributed by atoms with Gasteiger partial charge in [-0.25, -0.2) is 0 Å². The summed E-state index contributed by atoms with van der Waals surface area (Å²) in [5, 5.41) is 5.34. The third kappa shape index (κ3) is 6.18. The molecule has 6 nitrogen and oxygen atoms in total. The van der Waals surface area contributed by atoms with Crippen molar-refractivity contribution in [2.24, 2.45) is 0 Å². The molecule has 0 heterocycles. The number of ether oxygens (including phenoxy) is 2. The van der Waals surface area contributed by atoms with Gasteiger partial charge in [-0.2, -0.15) is 0 Å². The Balaban J connectivity index is 1.78. The molecule has 2 amide bonds. The second kappa shape index (κ2) is 9.32. The average molecular weight is 342 g/mol. The zero-order valence-electron chi connectivity index (χ0n) is 14.3. The molecule has 6 heteroatoms. The van der Waals surface area contributed by atoms with Crippen molar-refractivity contribution in [1.82, 2.24) is 5.32 Å². The van der Waals surface area contributed by atoms with E-state index < -0.39 is 6.04 Å². The fraction of sp³-hybridized carbons (Fsp3) is 0.263. The van der Waals surface area contributed by atoms with Crippen LogP contribution >= 0.6 is 0 Å². The topological polar surface area (TPSA) is 76.7 Å². The van der Waals surface area contributed by atoms with Gasteiger partial charge in [0.1, 0.15) is 17.5 Å². The summed E-state index contributed by atoms with van der Waals surface area (Å²) >= 11 is 0. The van der Waals surface area contributed by atoms with Crippen LogP contribution in [-0.4, -0.2) is 31.1 Å². The molecule has 132 valence electrons. The SMILES string of the molecule is CCOc1ccc(NC(=O)C(C)NC(=O)COc2ccccc2)cc1. The normalized spacial score (nSPS) is 11.3. The van der Waals surface area contributed by atoms with Gasteiger partial charge >= 0.3 is 0 Å². The molecule has 0 bridgehead atoms. The summed E-state index contributed by atoms with van der Waals surface area (Å²) < 4.78 is 10.7. The number of anilines is 1. The van der Waals surface area contributed by atoms with Gasteiger partial charge in [0.05, 0.1) is 6.61 Å². The van der Waals surface area contributed by atoms with Crippen LogP contribution in [0.4, 0.5) is 5.69 Å². The number of benzene rings is 2. The lowest BCUT2D eigenvalue weighted by atomic mass is 10.2. The van der Waals surface area contributed by atoms with Gasteiger partial charge in [0.25, 0.3) is 5.91 Å². The van der Waals surface area contributed by atoms with Gasteiger partial charge in [0.2, 0.25) is 5.91 Å². The first kappa shape index (κ1) is 18.3. The number of carbonyl (C=O) groups excluding carboxylic acids is 2. The summed E-state index contributed by atoms with van der Waals surface area (Å²) in [5.74, 6) is 0.666. The highest BCUT2D eigenvalue weighted by Gasteiger charge is 2.16. The zero-order chi connectivity index (χ0) is 18.1. The van der Waals surface area contributed by atoms with E-state index in [-0.39, 0.29) is 18.4 Å². The standard InChI is InChI=1S/C19H22N2O4/c1-3-24-17-11-9-15(10-12-17)21-19(23)14(2)20-18(22)13-25-16-7-5-4-6-8-16/h4-12,14H,3,13H2,1-2H3,(H,20,22)(H,21,23). The highest BCUT2D eigenvalue weighted by molar-refractivity contribution is 5.97. The fourth-order valence-corrected chi connectivity index (χ4v) is 2.07. The largest absolute Gasteiger partial charge is 0.494 e. The molecule has 0 aliphatic heterocycles. The molecule has 0 aliphatic carbocycles. The van der Waals surface area contributed by atoms with E-state index in [1.54, 1.807) is 43.3 Å². The van der Waals surface area contributed by atoms with E-state index in [1.807, 2.05) is 25.1 Å². The van der Waals surface area contributed by atoms with Crippen LogP contribution < -0.4 is 20.1 Å². The Morgan fingerprint density at radius 3 is 2.24 bits per heavy atom. The summed E-state index contributed by atoms with van der Waals surface area (Å²) in [6.07, 6.45) is 0. The van der Waals surface area contributed by atoms with Crippen molar-refractivity contribution in [2.45, 2.75) is 19.9 Å². The van der Waals surface area contributed by atoms with Crippen molar-refractivity contribution < 1.29 is 19.1 Å². The Bertz CT molecular complexity index is 686. The minimum atomic E-state index is -0.682.